The first kappa shape index (κ1) is 19.1. The van der Waals surface area contributed by atoms with E-state index in [4.69, 9.17) is 9.47 Å². The maximum absolute atomic E-state index is 12.2. The SMILES string of the molecule is COc1cccc(Oc2ccc(NC(=O)C3CCCCN3)cc2)c1.Cl. The Bertz CT molecular complexity index is 685. The number of carbonyl (C=O) groups excluding carboxylic acids is 1. The smallest absolute Gasteiger partial charge is 0.241 e. The lowest BCUT2D eigenvalue weighted by molar-refractivity contribution is -0.118. The third kappa shape index (κ3) is 5.37. The molecule has 0 spiro atoms. The highest BCUT2D eigenvalue weighted by Gasteiger charge is 2.20. The Morgan fingerprint density at radius 3 is 2.52 bits per heavy atom. The average molecular weight is 363 g/mol. The maximum atomic E-state index is 12.2. The van der Waals surface area contributed by atoms with E-state index in [2.05, 4.69) is 10.6 Å². The van der Waals surface area contributed by atoms with Crippen molar-refractivity contribution in [3.63, 3.8) is 0 Å². The topological polar surface area (TPSA) is 59.6 Å². The second-order valence-corrected chi connectivity index (χ2v) is 5.80. The van der Waals surface area contributed by atoms with E-state index >= 15 is 0 Å². The van der Waals surface area contributed by atoms with Crippen molar-refractivity contribution in [3.05, 3.63) is 48.5 Å². The first-order valence-electron chi connectivity index (χ1n) is 8.21. The molecule has 3 rings (SSSR count). The minimum Gasteiger partial charge on any atom is -0.497 e. The largest absolute Gasteiger partial charge is 0.497 e. The molecule has 134 valence electrons. The summed E-state index contributed by atoms with van der Waals surface area (Å²) in [5, 5.41) is 6.19. The van der Waals surface area contributed by atoms with E-state index < -0.39 is 0 Å². The highest BCUT2D eigenvalue weighted by atomic mass is 35.5. The molecule has 1 aliphatic rings. The van der Waals surface area contributed by atoms with Crippen molar-refractivity contribution in [2.75, 3.05) is 19.0 Å². The van der Waals surface area contributed by atoms with E-state index in [1.807, 2.05) is 48.5 Å². The van der Waals surface area contributed by atoms with Crippen molar-refractivity contribution in [1.29, 1.82) is 0 Å². The Labute approximate surface area is 154 Å². The van der Waals surface area contributed by atoms with Crippen LogP contribution in [0.3, 0.4) is 0 Å². The number of nitrogens with one attached hydrogen (secondary N) is 2. The molecule has 0 aromatic heterocycles. The number of halogens is 1. The summed E-state index contributed by atoms with van der Waals surface area (Å²) in [5.74, 6) is 2.18. The summed E-state index contributed by atoms with van der Waals surface area (Å²) in [7, 11) is 1.62. The number of benzene rings is 2. The standard InChI is InChI=1S/C19H22N2O3.ClH/c1-23-16-5-4-6-17(13-16)24-15-10-8-14(9-11-15)21-19(22)18-7-2-3-12-20-18;/h4-6,8-11,13,18,20H,2-3,7,12H2,1H3,(H,21,22);1H. The molecule has 0 aliphatic carbocycles. The third-order valence-electron chi connectivity index (χ3n) is 4.03. The fourth-order valence-electron chi connectivity index (χ4n) is 2.71. The first-order valence-corrected chi connectivity index (χ1v) is 8.21. The molecular weight excluding hydrogens is 340 g/mol. The predicted octanol–water partition coefficient (Wildman–Crippen LogP) is 3.99. The monoisotopic (exact) mass is 362 g/mol. The summed E-state index contributed by atoms with van der Waals surface area (Å²) in [6.45, 7) is 0.908. The fourth-order valence-corrected chi connectivity index (χ4v) is 2.71. The van der Waals surface area contributed by atoms with Crippen molar-refractivity contribution < 1.29 is 14.3 Å². The molecule has 0 saturated carbocycles. The molecule has 1 unspecified atom stereocenters. The molecule has 2 N–H and O–H groups in total. The van der Waals surface area contributed by atoms with Crippen molar-refractivity contribution in [2.24, 2.45) is 0 Å². The Hall–Kier alpha value is -2.24. The molecule has 25 heavy (non-hydrogen) atoms. The molecule has 1 atom stereocenters. The zero-order chi connectivity index (χ0) is 16.8. The molecule has 0 bridgehead atoms. The highest BCUT2D eigenvalue weighted by molar-refractivity contribution is 5.94. The van der Waals surface area contributed by atoms with Gasteiger partial charge in [0.15, 0.2) is 0 Å². The number of amides is 1. The number of rotatable bonds is 5. The Morgan fingerprint density at radius 2 is 1.84 bits per heavy atom. The minimum atomic E-state index is -0.0912. The van der Waals surface area contributed by atoms with Crippen LogP contribution in [-0.2, 0) is 4.79 Å². The molecule has 1 saturated heterocycles. The zero-order valence-corrected chi connectivity index (χ0v) is 15.0. The third-order valence-corrected chi connectivity index (χ3v) is 4.03. The molecule has 2 aromatic rings. The van der Waals surface area contributed by atoms with Gasteiger partial charge < -0.3 is 20.1 Å². The number of methoxy groups -OCH3 is 1. The van der Waals surface area contributed by atoms with E-state index in [9.17, 15) is 4.79 Å². The maximum Gasteiger partial charge on any atom is 0.241 e. The van der Waals surface area contributed by atoms with Gasteiger partial charge in [-0.1, -0.05) is 12.5 Å². The second-order valence-electron chi connectivity index (χ2n) is 5.80. The Balaban J connectivity index is 0.00000225. The summed E-state index contributed by atoms with van der Waals surface area (Å²) >= 11 is 0. The van der Waals surface area contributed by atoms with E-state index in [1.165, 1.54) is 0 Å². The highest BCUT2D eigenvalue weighted by Crippen LogP contribution is 2.26. The number of piperidine rings is 1. The summed E-state index contributed by atoms with van der Waals surface area (Å²) in [6.07, 6.45) is 3.13. The van der Waals surface area contributed by atoms with Crippen LogP contribution in [0.25, 0.3) is 0 Å². The van der Waals surface area contributed by atoms with Crippen molar-refractivity contribution in [2.45, 2.75) is 25.3 Å². The van der Waals surface area contributed by atoms with Crippen LogP contribution >= 0.6 is 12.4 Å². The van der Waals surface area contributed by atoms with Crippen LogP contribution in [-0.4, -0.2) is 25.6 Å². The van der Waals surface area contributed by atoms with E-state index in [-0.39, 0.29) is 24.4 Å². The average Bonchev–Trinajstić information content (AvgIpc) is 2.64. The number of carbonyl (C=O) groups is 1. The summed E-state index contributed by atoms with van der Waals surface area (Å²) in [4.78, 5) is 12.2. The lowest BCUT2D eigenvalue weighted by Crippen LogP contribution is -2.43. The van der Waals surface area contributed by atoms with Gasteiger partial charge in [-0.15, -0.1) is 12.4 Å². The first-order chi connectivity index (χ1) is 11.7. The van der Waals surface area contributed by atoms with Gasteiger partial charge in [-0.05, 0) is 55.8 Å². The van der Waals surface area contributed by atoms with Gasteiger partial charge in [0.1, 0.15) is 17.2 Å². The predicted molar refractivity (Wildman–Crippen MR) is 101 cm³/mol. The van der Waals surface area contributed by atoms with Crippen LogP contribution in [0.2, 0.25) is 0 Å². The molecule has 6 heteroatoms. The Kier molecular flexibility index (Phi) is 7.10. The molecule has 1 fully saturated rings. The van der Waals surface area contributed by atoms with Crippen molar-refractivity contribution in [3.8, 4) is 17.2 Å². The van der Waals surface area contributed by atoms with Crippen LogP contribution < -0.4 is 20.1 Å². The summed E-state index contributed by atoms with van der Waals surface area (Å²) in [6, 6.07) is 14.7. The number of hydrogen-bond acceptors (Lipinski definition) is 4. The van der Waals surface area contributed by atoms with Gasteiger partial charge in [0.05, 0.1) is 13.2 Å². The van der Waals surface area contributed by atoms with E-state index in [0.717, 1.165) is 37.2 Å². The van der Waals surface area contributed by atoms with Gasteiger partial charge in [-0.25, -0.2) is 0 Å². The normalized spacial score (nSPS) is 16.4. The van der Waals surface area contributed by atoms with Gasteiger partial charge in [-0.2, -0.15) is 0 Å². The minimum absolute atomic E-state index is 0. The van der Waals surface area contributed by atoms with Crippen LogP contribution in [0.1, 0.15) is 19.3 Å². The van der Waals surface area contributed by atoms with Crippen LogP contribution in [0.4, 0.5) is 5.69 Å². The van der Waals surface area contributed by atoms with E-state index in [1.54, 1.807) is 7.11 Å². The molecule has 1 heterocycles. The number of anilines is 1. The Morgan fingerprint density at radius 1 is 1.08 bits per heavy atom. The second kappa shape index (κ2) is 9.30. The molecule has 1 aliphatic heterocycles. The molecule has 2 aromatic carbocycles. The molecular formula is C19H23ClN2O3. The van der Waals surface area contributed by atoms with Gasteiger partial charge in [0, 0.05) is 11.8 Å². The lowest BCUT2D eigenvalue weighted by atomic mass is 10.0. The van der Waals surface area contributed by atoms with Gasteiger partial charge >= 0.3 is 0 Å². The van der Waals surface area contributed by atoms with Crippen molar-refractivity contribution in [1.82, 2.24) is 5.32 Å². The van der Waals surface area contributed by atoms with Gasteiger partial charge in [0.2, 0.25) is 5.91 Å². The van der Waals surface area contributed by atoms with E-state index in [0.29, 0.717) is 11.5 Å². The number of ether oxygens (including phenoxy) is 2. The number of hydrogen-bond donors (Lipinski definition) is 2. The lowest BCUT2D eigenvalue weighted by Gasteiger charge is -2.22. The zero-order valence-electron chi connectivity index (χ0n) is 14.2. The molecule has 5 nitrogen and oxygen atoms in total. The van der Waals surface area contributed by atoms with Crippen LogP contribution in [0.5, 0.6) is 17.2 Å². The van der Waals surface area contributed by atoms with Crippen LogP contribution in [0.15, 0.2) is 48.5 Å². The molecule has 1 amide bonds. The quantitative estimate of drug-likeness (QED) is 0.844. The summed E-state index contributed by atoms with van der Waals surface area (Å²) < 4.78 is 11.0. The van der Waals surface area contributed by atoms with Crippen molar-refractivity contribution >= 4 is 24.0 Å². The fraction of sp³-hybridized carbons (Fsp3) is 0.316. The molecule has 0 radical (unpaired) electrons. The summed E-state index contributed by atoms with van der Waals surface area (Å²) in [5.41, 5.74) is 0.769. The van der Waals surface area contributed by atoms with Gasteiger partial charge in [0.25, 0.3) is 0 Å². The van der Waals surface area contributed by atoms with Crippen LogP contribution in [0, 0.1) is 0 Å². The van der Waals surface area contributed by atoms with Gasteiger partial charge in [-0.3, -0.25) is 4.79 Å².